The molecule has 0 aliphatic heterocycles. The molecule has 0 aliphatic carbocycles. The number of nitrogens with one attached hydrogen (secondary N) is 1. The largest absolute Gasteiger partial charge is 0.338 e. The van der Waals surface area contributed by atoms with Crippen LogP contribution < -0.4 is 0 Å². The van der Waals surface area contributed by atoms with Crippen LogP contribution in [0.2, 0.25) is 0 Å². The highest BCUT2D eigenvalue weighted by atomic mass is 19.2. The first-order valence-electron chi connectivity index (χ1n) is 5.25. The van der Waals surface area contributed by atoms with Gasteiger partial charge in [-0.2, -0.15) is 0 Å². The summed E-state index contributed by atoms with van der Waals surface area (Å²) in [5, 5.41) is 0. The molecular weight excluding hydrogens is 241 g/mol. The normalized spacial score (nSPS) is 11.1. The monoisotopic (exact) mass is 248 g/mol. The Bertz CT molecular complexity index is 701. The van der Waals surface area contributed by atoms with Crippen molar-refractivity contribution in [3.63, 3.8) is 0 Å². The standard InChI is InChI=1S/C13H7F3N2/c14-8-6-10(16)9(15)5-7(8)13-17-11-3-1-2-4-12(11)18-13/h1-6H,(H,17,18). The van der Waals surface area contributed by atoms with Crippen LogP contribution in [-0.2, 0) is 0 Å². The van der Waals surface area contributed by atoms with Crippen molar-refractivity contribution in [3.8, 4) is 11.4 Å². The highest BCUT2D eigenvalue weighted by Gasteiger charge is 2.14. The predicted molar refractivity (Wildman–Crippen MR) is 61.4 cm³/mol. The molecule has 0 unspecified atom stereocenters. The highest BCUT2D eigenvalue weighted by Crippen LogP contribution is 2.25. The summed E-state index contributed by atoms with van der Waals surface area (Å²) < 4.78 is 39.5. The van der Waals surface area contributed by atoms with Crippen molar-refractivity contribution in [2.45, 2.75) is 0 Å². The third-order valence-electron chi connectivity index (χ3n) is 2.65. The van der Waals surface area contributed by atoms with E-state index < -0.39 is 17.5 Å². The summed E-state index contributed by atoms with van der Waals surface area (Å²) in [4.78, 5) is 6.99. The summed E-state index contributed by atoms with van der Waals surface area (Å²) in [6.07, 6.45) is 0. The molecule has 5 heteroatoms. The van der Waals surface area contributed by atoms with E-state index >= 15 is 0 Å². The molecule has 2 nitrogen and oxygen atoms in total. The predicted octanol–water partition coefficient (Wildman–Crippen LogP) is 3.65. The molecular formula is C13H7F3N2. The average Bonchev–Trinajstić information content (AvgIpc) is 2.77. The fraction of sp³-hybridized carbons (Fsp3) is 0. The lowest BCUT2D eigenvalue weighted by molar-refractivity contribution is 0.496. The van der Waals surface area contributed by atoms with Crippen LogP contribution in [0.3, 0.4) is 0 Å². The summed E-state index contributed by atoms with van der Waals surface area (Å²) in [6.45, 7) is 0. The van der Waals surface area contributed by atoms with E-state index in [1.807, 2.05) is 0 Å². The van der Waals surface area contributed by atoms with Crippen LogP contribution in [-0.4, -0.2) is 9.97 Å². The molecule has 0 saturated heterocycles. The number of benzene rings is 2. The number of halogens is 3. The number of H-pyrrole nitrogens is 1. The van der Waals surface area contributed by atoms with Crippen LogP contribution in [0, 0.1) is 17.5 Å². The second-order valence-electron chi connectivity index (χ2n) is 3.85. The van der Waals surface area contributed by atoms with Gasteiger partial charge in [-0.3, -0.25) is 0 Å². The molecule has 0 fully saturated rings. The summed E-state index contributed by atoms with van der Waals surface area (Å²) in [5.41, 5.74) is 1.25. The van der Waals surface area contributed by atoms with Gasteiger partial charge in [-0.1, -0.05) is 12.1 Å². The van der Waals surface area contributed by atoms with Gasteiger partial charge in [0.15, 0.2) is 11.6 Å². The minimum Gasteiger partial charge on any atom is -0.338 e. The fourth-order valence-corrected chi connectivity index (χ4v) is 1.78. The Kier molecular flexibility index (Phi) is 2.33. The smallest absolute Gasteiger partial charge is 0.161 e. The van der Waals surface area contributed by atoms with Crippen LogP contribution in [0.1, 0.15) is 0 Å². The Hall–Kier alpha value is -2.30. The van der Waals surface area contributed by atoms with Crippen molar-refractivity contribution in [2.75, 3.05) is 0 Å². The Balaban J connectivity index is 2.22. The molecule has 3 rings (SSSR count). The van der Waals surface area contributed by atoms with Gasteiger partial charge in [0.05, 0.1) is 16.6 Å². The maximum absolute atomic E-state index is 13.6. The first-order valence-corrected chi connectivity index (χ1v) is 5.25. The molecule has 0 spiro atoms. The Morgan fingerprint density at radius 1 is 0.889 bits per heavy atom. The lowest BCUT2D eigenvalue weighted by atomic mass is 10.2. The van der Waals surface area contributed by atoms with Gasteiger partial charge in [-0.05, 0) is 18.2 Å². The van der Waals surface area contributed by atoms with Gasteiger partial charge in [0, 0.05) is 6.07 Å². The molecule has 2 aromatic carbocycles. The van der Waals surface area contributed by atoms with Gasteiger partial charge in [-0.25, -0.2) is 18.2 Å². The molecule has 1 aromatic heterocycles. The maximum atomic E-state index is 13.6. The van der Waals surface area contributed by atoms with Gasteiger partial charge in [0.25, 0.3) is 0 Å². The first-order chi connectivity index (χ1) is 8.65. The second-order valence-corrected chi connectivity index (χ2v) is 3.85. The van der Waals surface area contributed by atoms with Crippen LogP contribution in [0.4, 0.5) is 13.2 Å². The minimum atomic E-state index is -1.22. The number of aromatic nitrogens is 2. The number of hydrogen-bond acceptors (Lipinski definition) is 1. The third-order valence-corrected chi connectivity index (χ3v) is 2.65. The van der Waals surface area contributed by atoms with Crippen molar-refractivity contribution >= 4 is 11.0 Å². The van der Waals surface area contributed by atoms with Crippen LogP contribution >= 0.6 is 0 Å². The van der Waals surface area contributed by atoms with E-state index in [1.54, 1.807) is 24.3 Å². The molecule has 0 radical (unpaired) electrons. The Labute approximate surface area is 100 Å². The maximum Gasteiger partial charge on any atom is 0.161 e. The van der Waals surface area contributed by atoms with E-state index in [0.29, 0.717) is 17.1 Å². The van der Waals surface area contributed by atoms with E-state index in [9.17, 15) is 13.2 Å². The zero-order valence-electron chi connectivity index (χ0n) is 9.05. The summed E-state index contributed by atoms with van der Waals surface area (Å²) in [7, 11) is 0. The molecule has 1 heterocycles. The number of nitrogens with zero attached hydrogens (tertiary/aromatic N) is 1. The molecule has 0 amide bonds. The molecule has 18 heavy (non-hydrogen) atoms. The number of hydrogen-bond donors (Lipinski definition) is 1. The van der Waals surface area contributed by atoms with E-state index in [0.717, 1.165) is 6.07 Å². The summed E-state index contributed by atoms with van der Waals surface area (Å²) in [5.74, 6) is -3.00. The quantitative estimate of drug-likeness (QED) is 0.654. The lowest BCUT2D eigenvalue weighted by Gasteiger charge is -2.00. The number of para-hydroxylation sites is 2. The lowest BCUT2D eigenvalue weighted by Crippen LogP contribution is -1.92. The molecule has 0 bridgehead atoms. The molecule has 0 saturated carbocycles. The van der Waals surface area contributed by atoms with Gasteiger partial charge in [0.2, 0.25) is 0 Å². The Morgan fingerprint density at radius 2 is 1.61 bits per heavy atom. The van der Waals surface area contributed by atoms with Crippen molar-refractivity contribution in [2.24, 2.45) is 0 Å². The number of imidazole rings is 1. The summed E-state index contributed by atoms with van der Waals surface area (Å²) in [6, 6.07) is 8.40. The van der Waals surface area contributed by atoms with E-state index in [-0.39, 0.29) is 11.4 Å². The van der Waals surface area contributed by atoms with Crippen LogP contribution in [0.15, 0.2) is 36.4 Å². The van der Waals surface area contributed by atoms with Crippen LogP contribution in [0.25, 0.3) is 22.4 Å². The van der Waals surface area contributed by atoms with Gasteiger partial charge in [-0.15, -0.1) is 0 Å². The SMILES string of the molecule is Fc1cc(F)c(-c2nc3ccccc3[nH]2)cc1F. The van der Waals surface area contributed by atoms with Gasteiger partial charge in [0.1, 0.15) is 11.6 Å². The Morgan fingerprint density at radius 3 is 2.39 bits per heavy atom. The third kappa shape index (κ3) is 1.64. The molecule has 90 valence electrons. The van der Waals surface area contributed by atoms with Crippen molar-refractivity contribution in [1.82, 2.24) is 9.97 Å². The summed E-state index contributed by atoms with van der Waals surface area (Å²) >= 11 is 0. The second kappa shape index (κ2) is 3.87. The van der Waals surface area contributed by atoms with Crippen molar-refractivity contribution < 1.29 is 13.2 Å². The highest BCUT2D eigenvalue weighted by molar-refractivity contribution is 5.79. The zero-order chi connectivity index (χ0) is 12.7. The molecule has 1 N–H and O–H groups in total. The fourth-order valence-electron chi connectivity index (χ4n) is 1.78. The topological polar surface area (TPSA) is 28.7 Å². The molecule has 0 aliphatic rings. The van der Waals surface area contributed by atoms with Gasteiger partial charge < -0.3 is 4.98 Å². The molecule has 3 aromatic rings. The molecule has 0 atom stereocenters. The van der Waals surface area contributed by atoms with Crippen molar-refractivity contribution in [1.29, 1.82) is 0 Å². The zero-order valence-corrected chi connectivity index (χ0v) is 9.05. The average molecular weight is 248 g/mol. The van der Waals surface area contributed by atoms with E-state index in [1.165, 1.54) is 0 Å². The minimum absolute atomic E-state index is 0.0925. The van der Waals surface area contributed by atoms with E-state index in [4.69, 9.17) is 0 Å². The number of fused-ring (bicyclic) bond motifs is 1. The van der Waals surface area contributed by atoms with E-state index in [2.05, 4.69) is 9.97 Å². The number of aromatic amines is 1. The number of rotatable bonds is 1. The van der Waals surface area contributed by atoms with Crippen molar-refractivity contribution in [3.05, 3.63) is 53.8 Å². The van der Waals surface area contributed by atoms with Crippen LogP contribution in [0.5, 0.6) is 0 Å². The van der Waals surface area contributed by atoms with Gasteiger partial charge >= 0.3 is 0 Å². The first kappa shape index (κ1) is 10.8.